The van der Waals surface area contributed by atoms with Gasteiger partial charge in [-0.2, -0.15) is 0 Å². The zero-order valence-electron chi connectivity index (χ0n) is 43.7. The lowest BCUT2D eigenvalue weighted by molar-refractivity contribution is -0.143. The maximum atomic E-state index is 12.4. The molecule has 0 bridgehead atoms. The van der Waals surface area contributed by atoms with Crippen LogP contribution in [0.15, 0.2) is 24.3 Å². The van der Waals surface area contributed by atoms with E-state index in [1.54, 1.807) is 0 Å². The van der Waals surface area contributed by atoms with Gasteiger partial charge in [0.2, 0.25) is 5.91 Å². The van der Waals surface area contributed by atoms with Crippen molar-refractivity contribution in [2.24, 2.45) is 0 Å². The molecule has 0 radical (unpaired) electrons. The highest BCUT2D eigenvalue weighted by molar-refractivity contribution is 5.76. The van der Waals surface area contributed by atoms with E-state index >= 15 is 0 Å². The summed E-state index contributed by atoms with van der Waals surface area (Å²) in [6, 6.07) is -0.538. The molecule has 0 aromatic carbocycles. The minimum atomic E-state index is -0.661. The van der Waals surface area contributed by atoms with Gasteiger partial charge in [-0.25, -0.2) is 0 Å². The van der Waals surface area contributed by atoms with Crippen molar-refractivity contribution in [2.45, 2.75) is 328 Å². The zero-order valence-corrected chi connectivity index (χ0v) is 43.7. The van der Waals surface area contributed by atoms with Gasteiger partial charge in [-0.05, 0) is 57.8 Å². The monoisotopic (exact) mass is 916 g/mol. The highest BCUT2D eigenvalue weighted by atomic mass is 16.5. The minimum Gasteiger partial charge on any atom is -0.466 e. The fourth-order valence-corrected chi connectivity index (χ4v) is 9.02. The molecule has 0 aromatic rings. The van der Waals surface area contributed by atoms with Crippen molar-refractivity contribution in [1.82, 2.24) is 5.32 Å². The summed E-state index contributed by atoms with van der Waals surface area (Å²) in [4.78, 5) is 24.5. The van der Waals surface area contributed by atoms with Crippen LogP contribution < -0.4 is 5.32 Å². The lowest BCUT2D eigenvalue weighted by Gasteiger charge is -2.22. The molecule has 0 saturated carbocycles. The number of carbonyl (C=O) groups excluding carboxylic acids is 2. The Labute approximate surface area is 405 Å². The molecule has 0 heterocycles. The van der Waals surface area contributed by atoms with E-state index in [-0.39, 0.29) is 18.5 Å². The minimum absolute atomic E-state index is 0.000898. The van der Waals surface area contributed by atoms with E-state index in [1.165, 1.54) is 231 Å². The van der Waals surface area contributed by atoms with Crippen LogP contribution in [0.1, 0.15) is 316 Å². The fraction of sp³-hybridized carbons (Fsp3) is 0.898. The van der Waals surface area contributed by atoms with Gasteiger partial charge in [0, 0.05) is 12.8 Å². The number of hydrogen-bond acceptors (Lipinski definition) is 5. The van der Waals surface area contributed by atoms with Crippen molar-refractivity contribution in [3.63, 3.8) is 0 Å². The van der Waals surface area contributed by atoms with Crippen LogP contribution in [-0.4, -0.2) is 47.4 Å². The molecular formula is C59H113NO5. The standard InChI is InChI=1S/C59H113NO5/c1-3-5-7-9-11-13-14-15-16-27-30-33-37-41-45-49-53-59(64)65-54-50-46-42-38-34-31-28-25-23-21-19-17-18-20-22-24-26-29-32-36-40-44-48-52-58(63)60-56(55-61)57(62)51-47-43-39-35-12-10-8-6-4-2/h13-14,16,27,56-57,61-62H,3-12,15,17-26,28-55H2,1-2H3,(H,60,63)/b14-13-,27-16-. The Morgan fingerprint density at radius 3 is 1.18 bits per heavy atom. The molecule has 6 heteroatoms. The maximum absolute atomic E-state index is 12.4. The number of carbonyl (C=O) groups is 2. The molecule has 65 heavy (non-hydrogen) atoms. The van der Waals surface area contributed by atoms with E-state index in [0.717, 1.165) is 51.4 Å². The van der Waals surface area contributed by atoms with Crippen LogP contribution in [0.3, 0.4) is 0 Å². The van der Waals surface area contributed by atoms with Gasteiger partial charge in [-0.15, -0.1) is 0 Å². The molecule has 0 aliphatic heterocycles. The number of nitrogens with one attached hydrogen (secondary N) is 1. The molecule has 2 atom stereocenters. The first-order chi connectivity index (χ1) is 32.0. The van der Waals surface area contributed by atoms with Crippen LogP contribution in [0.25, 0.3) is 0 Å². The van der Waals surface area contributed by atoms with Gasteiger partial charge in [-0.3, -0.25) is 9.59 Å². The molecule has 0 saturated heterocycles. The Morgan fingerprint density at radius 1 is 0.431 bits per heavy atom. The van der Waals surface area contributed by atoms with Crippen LogP contribution in [-0.2, 0) is 14.3 Å². The average molecular weight is 917 g/mol. The summed E-state index contributed by atoms with van der Waals surface area (Å²) in [5, 5.41) is 23.1. The van der Waals surface area contributed by atoms with E-state index in [4.69, 9.17) is 4.74 Å². The molecule has 0 aliphatic rings. The highest BCUT2D eigenvalue weighted by Crippen LogP contribution is 2.17. The Morgan fingerprint density at radius 2 is 0.769 bits per heavy atom. The van der Waals surface area contributed by atoms with Gasteiger partial charge >= 0.3 is 5.97 Å². The molecule has 6 nitrogen and oxygen atoms in total. The van der Waals surface area contributed by atoms with Crippen LogP contribution in [0.4, 0.5) is 0 Å². The molecule has 0 rings (SSSR count). The second-order valence-electron chi connectivity index (χ2n) is 20.0. The summed E-state index contributed by atoms with van der Waals surface area (Å²) < 4.78 is 5.48. The topological polar surface area (TPSA) is 95.9 Å². The Kier molecular flexibility index (Phi) is 53.5. The molecule has 1 amide bonds. The van der Waals surface area contributed by atoms with E-state index in [0.29, 0.717) is 25.9 Å². The number of aliphatic hydroxyl groups excluding tert-OH is 2. The Bertz CT molecular complexity index is 1010. The Balaban J connectivity index is 3.34. The summed E-state index contributed by atoms with van der Waals surface area (Å²) in [7, 11) is 0. The second kappa shape index (κ2) is 54.9. The first-order valence-corrected chi connectivity index (χ1v) is 29.1. The summed E-state index contributed by atoms with van der Waals surface area (Å²) >= 11 is 0. The first-order valence-electron chi connectivity index (χ1n) is 29.1. The normalized spacial score (nSPS) is 12.7. The summed E-state index contributed by atoms with van der Waals surface area (Å²) in [6.45, 7) is 4.92. The molecule has 0 aliphatic carbocycles. The lowest BCUT2D eigenvalue weighted by Crippen LogP contribution is -2.45. The molecule has 2 unspecified atom stereocenters. The van der Waals surface area contributed by atoms with Gasteiger partial charge in [0.05, 0.1) is 25.4 Å². The lowest BCUT2D eigenvalue weighted by atomic mass is 10.0. The van der Waals surface area contributed by atoms with Crippen molar-refractivity contribution in [3.8, 4) is 0 Å². The Hall–Kier alpha value is -1.66. The number of rotatable bonds is 54. The van der Waals surface area contributed by atoms with Crippen molar-refractivity contribution < 1.29 is 24.5 Å². The number of esters is 1. The summed E-state index contributed by atoms with van der Waals surface area (Å²) in [5.41, 5.74) is 0. The zero-order chi connectivity index (χ0) is 47.2. The van der Waals surface area contributed by atoms with Crippen LogP contribution >= 0.6 is 0 Å². The summed E-state index contributed by atoms with van der Waals surface area (Å²) in [5.74, 6) is -0.0356. The molecule has 0 aromatic heterocycles. The van der Waals surface area contributed by atoms with Gasteiger partial charge in [0.25, 0.3) is 0 Å². The number of amides is 1. The molecular weight excluding hydrogens is 803 g/mol. The van der Waals surface area contributed by atoms with Gasteiger partial charge in [-0.1, -0.05) is 269 Å². The largest absolute Gasteiger partial charge is 0.466 e. The van der Waals surface area contributed by atoms with Gasteiger partial charge < -0.3 is 20.3 Å². The van der Waals surface area contributed by atoms with Crippen molar-refractivity contribution in [1.29, 1.82) is 0 Å². The van der Waals surface area contributed by atoms with E-state index < -0.39 is 12.1 Å². The van der Waals surface area contributed by atoms with E-state index in [2.05, 4.69) is 43.5 Å². The predicted octanol–water partition coefficient (Wildman–Crippen LogP) is 17.9. The molecule has 0 spiro atoms. The van der Waals surface area contributed by atoms with Gasteiger partial charge in [0.15, 0.2) is 0 Å². The predicted molar refractivity (Wildman–Crippen MR) is 283 cm³/mol. The van der Waals surface area contributed by atoms with E-state index in [1.807, 2.05) is 0 Å². The quantitative estimate of drug-likeness (QED) is 0.0321. The maximum Gasteiger partial charge on any atom is 0.305 e. The molecule has 3 N–H and O–H groups in total. The van der Waals surface area contributed by atoms with Crippen LogP contribution in [0.2, 0.25) is 0 Å². The van der Waals surface area contributed by atoms with E-state index in [9.17, 15) is 19.8 Å². The number of allylic oxidation sites excluding steroid dienone is 4. The first kappa shape index (κ1) is 63.3. The molecule has 384 valence electrons. The number of unbranched alkanes of at least 4 members (excludes halogenated alkanes) is 39. The molecule has 0 fully saturated rings. The van der Waals surface area contributed by atoms with Crippen molar-refractivity contribution >= 4 is 11.9 Å². The number of hydrogen-bond donors (Lipinski definition) is 3. The smallest absolute Gasteiger partial charge is 0.305 e. The third-order valence-corrected chi connectivity index (χ3v) is 13.5. The van der Waals surface area contributed by atoms with Crippen molar-refractivity contribution in [3.05, 3.63) is 24.3 Å². The highest BCUT2D eigenvalue weighted by Gasteiger charge is 2.20. The number of ether oxygens (including phenoxy) is 1. The number of aliphatic hydroxyl groups is 2. The third-order valence-electron chi connectivity index (χ3n) is 13.5. The SMILES string of the molecule is CCCCCC/C=C\C/C=C\CCCCCCCC(=O)OCCCCCCCCCCCCCCCCCCCCCCCCCC(=O)NC(CO)C(O)CCCCCCCCCCC. The van der Waals surface area contributed by atoms with Crippen LogP contribution in [0.5, 0.6) is 0 Å². The van der Waals surface area contributed by atoms with Gasteiger partial charge in [0.1, 0.15) is 0 Å². The summed E-state index contributed by atoms with van der Waals surface area (Å²) in [6.07, 6.45) is 66.1. The van der Waals surface area contributed by atoms with Crippen LogP contribution in [0, 0.1) is 0 Å². The third kappa shape index (κ3) is 51.6. The average Bonchev–Trinajstić information content (AvgIpc) is 3.31. The van der Waals surface area contributed by atoms with Crippen molar-refractivity contribution in [2.75, 3.05) is 13.2 Å². The second-order valence-corrected chi connectivity index (χ2v) is 20.0. The fourth-order valence-electron chi connectivity index (χ4n) is 9.02.